The number of carbonyl (C=O) groups excluding carboxylic acids is 3. The molecule has 7 nitrogen and oxygen atoms in total. The van der Waals surface area contributed by atoms with Gasteiger partial charge in [0.2, 0.25) is 5.91 Å². The molecule has 28 heavy (non-hydrogen) atoms. The van der Waals surface area contributed by atoms with Crippen molar-refractivity contribution in [3.8, 4) is 5.75 Å². The minimum Gasteiger partial charge on any atom is -0.484 e. The van der Waals surface area contributed by atoms with Crippen LogP contribution in [0.4, 0.5) is 5.69 Å². The van der Waals surface area contributed by atoms with Crippen LogP contribution in [0, 0.1) is 12.8 Å². The molecule has 0 unspecified atom stereocenters. The van der Waals surface area contributed by atoms with Gasteiger partial charge in [0.25, 0.3) is 11.8 Å². The minimum atomic E-state index is -0.479. The Morgan fingerprint density at radius 3 is 2.32 bits per heavy atom. The number of hydrogen-bond donors (Lipinski definition) is 3. The zero-order valence-electron chi connectivity index (χ0n) is 16.2. The second-order valence-electron chi connectivity index (χ2n) is 6.83. The number of benzene rings is 2. The highest BCUT2D eigenvalue weighted by Crippen LogP contribution is 2.12. The largest absolute Gasteiger partial charge is 0.484 e. The van der Waals surface area contributed by atoms with Gasteiger partial charge in [-0.3, -0.25) is 25.2 Å². The van der Waals surface area contributed by atoms with E-state index < -0.39 is 11.8 Å². The second kappa shape index (κ2) is 10.1. The first kappa shape index (κ1) is 21.0. The van der Waals surface area contributed by atoms with Gasteiger partial charge in [0.05, 0.1) is 0 Å². The lowest BCUT2D eigenvalue weighted by Gasteiger charge is -2.10. The molecule has 0 saturated heterocycles. The van der Waals surface area contributed by atoms with Crippen LogP contribution >= 0.6 is 0 Å². The summed E-state index contributed by atoms with van der Waals surface area (Å²) >= 11 is 0. The molecule has 0 radical (unpaired) electrons. The van der Waals surface area contributed by atoms with Crippen molar-refractivity contribution < 1.29 is 19.1 Å². The monoisotopic (exact) mass is 383 g/mol. The Balaban J connectivity index is 1.77. The third-order valence-electron chi connectivity index (χ3n) is 3.70. The summed E-state index contributed by atoms with van der Waals surface area (Å²) in [5.74, 6) is -0.176. The van der Waals surface area contributed by atoms with Gasteiger partial charge in [-0.2, -0.15) is 0 Å². The van der Waals surface area contributed by atoms with Crippen LogP contribution in [0.5, 0.6) is 5.75 Å². The van der Waals surface area contributed by atoms with Crippen molar-refractivity contribution in [3.63, 3.8) is 0 Å². The summed E-state index contributed by atoms with van der Waals surface area (Å²) < 4.78 is 5.36. The fraction of sp³-hybridized carbons (Fsp3) is 0.286. The van der Waals surface area contributed by atoms with E-state index in [1.807, 2.05) is 39.0 Å². The summed E-state index contributed by atoms with van der Waals surface area (Å²) in [5, 5.41) is 2.77. The van der Waals surface area contributed by atoms with Crippen molar-refractivity contribution in [1.29, 1.82) is 0 Å². The molecule has 0 aliphatic heterocycles. The normalized spacial score (nSPS) is 10.3. The number of anilines is 1. The van der Waals surface area contributed by atoms with Gasteiger partial charge in [0.15, 0.2) is 6.61 Å². The third kappa shape index (κ3) is 7.11. The molecule has 0 aromatic heterocycles. The maximum absolute atomic E-state index is 12.1. The summed E-state index contributed by atoms with van der Waals surface area (Å²) in [6.45, 7) is 5.64. The third-order valence-corrected chi connectivity index (χ3v) is 3.70. The molecular weight excluding hydrogens is 358 g/mol. The van der Waals surface area contributed by atoms with Crippen LogP contribution in [0.3, 0.4) is 0 Å². The topological polar surface area (TPSA) is 96.5 Å². The molecule has 3 N–H and O–H groups in total. The Hall–Kier alpha value is -3.35. The number of ether oxygens (including phenoxy) is 1. The first-order valence-corrected chi connectivity index (χ1v) is 9.02. The quantitative estimate of drug-likeness (QED) is 0.641. The minimum absolute atomic E-state index is 0.0759. The number of nitrogens with one attached hydrogen (secondary N) is 3. The van der Waals surface area contributed by atoms with Gasteiger partial charge in [-0.05, 0) is 54.8 Å². The predicted molar refractivity (Wildman–Crippen MR) is 107 cm³/mol. The number of hydrazine groups is 1. The zero-order valence-corrected chi connectivity index (χ0v) is 16.2. The molecule has 148 valence electrons. The lowest BCUT2D eigenvalue weighted by atomic mass is 10.1. The van der Waals surface area contributed by atoms with Gasteiger partial charge in [-0.15, -0.1) is 0 Å². The second-order valence-corrected chi connectivity index (χ2v) is 6.83. The number of hydrogen-bond acceptors (Lipinski definition) is 4. The van der Waals surface area contributed by atoms with E-state index in [2.05, 4.69) is 16.2 Å². The van der Waals surface area contributed by atoms with Gasteiger partial charge in [0, 0.05) is 17.7 Å². The molecule has 0 spiro atoms. The number of aryl methyl sites for hydroxylation is 1. The molecule has 2 rings (SSSR count). The Labute approximate surface area is 164 Å². The summed E-state index contributed by atoms with van der Waals surface area (Å²) in [6, 6.07) is 13.7. The number of amides is 3. The molecule has 0 heterocycles. The van der Waals surface area contributed by atoms with Gasteiger partial charge in [-0.1, -0.05) is 26.0 Å². The molecule has 0 bridgehead atoms. The average molecular weight is 383 g/mol. The summed E-state index contributed by atoms with van der Waals surface area (Å²) in [6.07, 6.45) is 0.429. The molecule has 3 amide bonds. The van der Waals surface area contributed by atoms with Crippen LogP contribution < -0.4 is 20.9 Å². The van der Waals surface area contributed by atoms with E-state index in [0.29, 0.717) is 23.4 Å². The maximum atomic E-state index is 12.1. The molecule has 0 saturated carbocycles. The van der Waals surface area contributed by atoms with Crippen LogP contribution in [0.2, 0.25) is 0 Å². The molecule has 0 aliphatic carbocycles. The Bertz CT molecular complexity index is 832. The Kier molecular flexibility index (Phi) is 7.56. The van der Waals surface area contributed by atoms with Crippen LogP contribution in [-0.2, 0) is 9.59 Å². The molecule has 2 aromatic rings. The van der Waals surface area contributed by atoms with E-state index >= 15 is 0 Å². The summed E-state index contributed by atoms with van der Waals surface area (Å²) in [7, 11) is 0. The van der Waals surface area contributed by atoms with Crippen molar-refractivity contribution in [2.45, 2.75) is 27.2 Å². The molecule has 0 aliphatic rings. The maximum Gasteiger partial charge on any atom is 0.276 e. The van der Waals surface area contributed by atoms with E-state index in [-0.39, 0.29) is 18.4 Å². The number of rotatable bonds is 7. The van der Waals surface area contributed by atoms with E-state index in [9.17, 15) is 14.4 Å². The van der Waals surface area contributed by atoms with E-state index in [0.717, 1.165) is 5.56 Å². The van der Waals surface area contributed by atoms with Crippen LogP contribution in [0.1, 0.15) is 36.2 Å². The van der Waals surface area contributed by atoms with E-state index in [1.165, 1.54) is 0 Å². The smallest absolute Gasteiger partial charge is 0.276 e. The van der Waals surface area contributed by atoms with Gasteiger partial charge in [0.1, 0.15) is 5.75 Å². The first-order chi connectivity index (χ1) is 13.3. The lowest BCUT2D eigenvalue weighted by Crippen LogP contribution is -2.43. The van der Waals surface area contributed by atoms with Crippen LogP contribution in [0.15, 0.2) is 48.5 Å². The highest BCUT2D eigenvalue weighted by molar-refractivity contribution is 5.96. The highest BCUT2D eigenvalue weighted by Gasteiger charge is 2.09. The van der Waals surface area contributed by atoms with Crippen molar-refractivity contribution in [3.05, 3.63) is 59.7 Å². The zero-order chi connectivity index (χ0) is 20.5. The van der Waals surface area contributed by atoms with Crippen LogP contribution in [-0.4, -0.2) is 24.3 Å². The van der Waals surface area contributed by atoms with Crippen molar-refractivity contribution in [2.24, 2.45) is 5.92 Å². The van der Waals surface area contributed by atoms with Gasteiger partial charge < -0.3 is 10.1 Å². The van der Waals surface area contributed by atoms with E-state index in [4.69, 9.17) is 4.74 Å². The molecular formula is C21H25N3O4. The molecule has 2 aromatic carbocycles. The van der Waals surface area contributed by atoms with Gasteiger partial charge in [-0.25, -0.2) is 0 Å². The fourth-order valence-electron chi connectivity index (χ4n) is 2.38. The molecule has 7 heteroatoms. The van der Waals surface area contributed by atoms with Crippen molar-refractivity contribution in [1.82, 2.24) is 10.9 Å². The standard InChI is InChI=1S/C21H25N3O4/c1-14(2)11-19(25)22-17-9-7-16(8-10-17)21(27)24-23-20(26)13-28-18-6-4-5-15(3)12-18/h4-10,12,14H,11,13H2,1-3H3,(H,22,25)(H,23,26)(H,24,27). The average Bonchev–Trinajstić information content (AvgIpc) is 2.64. The molecule has 0 fully saturated rings. The molecule has 0 atom stereocenters. The SMILES string of the molecule is Cc1cccc(OCC(=O)NNC(=O)c2ccc(NC(=O)CC(C)C)cc2)c1. The predicted octanol–water partition coefficient (Wildman–Crippen LogP) is 2.82. The summed E-state index contributed by atoms with van der Waals surface area (Å²) in [4.78, 5) is 35.6. The lowest BCUT2D eigenvalue weighted by molar-refractivity contribution is -0.123. The number of carbonyl (C=O) groups is 3. The first-order valence-electron chi connectivity index (χ1n) is 9.02. The Morgan fingerprint density at radius 2 is 1.68 bits per heavy atom. The van der Waals surface area contributed by atoms with Crippen LogP contribution in [0.25, 0.3) is 0 Å². The fourth-order valence-corrected chi connectivity index (χ4v) is 2.38. The Morgan fingerprint density at radius 1 is 0.964 bits per heavy atom. The van der Waals surface area contributed by atoms with Crippen molar-refractivity contribution in [2.75, 3.05) is 11.9 Å². The summed E-state index contributed by atoms with van der Waals surface area (Å²) in [5.41, 5.74) is 6.61. The van der Waals surface area contributed by atoms with E-state index in [1.54, 1.807) is 30.3 Å². The van der Waals surface area contributed by atoms with Crippen molar-refractivity contribution >= 4 is 23.4 Å². The van der Waals surface area contributed by atoms with Gasteiger partial charge >= 0.3 is 0 Å². The highest BCUT2D eigenvalue weighted by atomic mass is 16.5.